The number of anilines is 1. The highest BCUT2D eigenvalue weighted by molar-refractivity contribution is 7.89. The van der Waals surface area contributed by atoms with Crippen LogP contribution in [0.15, 0.2) is 41.3 Å². The molecule has 0 unspecified atom stereocenters. The van der Waals surface area contributed by atoms with Crippen LogP contribution >= 0.6 is 0 Å². The van der Waals surface area contributed by atoms with Crippen LogP contribution < -0.4 is 10.1 Å². The second kappa shape index (κ2) is 12.0. The fraction of sp³-hybridized carbons (Fsp3) is 0.417. The molecule has 0 spiro atoms. The summed E-state index contributed by atoms with van der Waals surface area (Å²) in [6.07, 6.45) is 0. The molecule has 186 valence electrons. The third-order valence-electron chi connectivity index (χ3n) is 5.23. The Balaban J connectivity index is 1.85. The molecule has 2 aromatic rings. The van der Waals surface area contributed by atoms with E-state index in [0.717, 1.165) is 5.56 Å². The normalized spacial score (nSPS) is 11.4. The topological polar surface area (TPSA) is 105 Å². The smallest absolute Gasteiger partial charge is 0.248 e. The highest BCUT2D eigenvalue weighted by Crippen LogP contribution is 2.27. The Morgan fingerprint density at radius 3 is 2.15 bits per heavy atom. The van der Waals surface area contributed by atoms with Crippen LogP contribution in [0.1, 0.15) is 23.6 Å². The van der Waals surface area contributed by atoms with E-state index in [-0.39, 0.29) is 36.5 Å². The standard InChI is InChI=1S/C24H33N3O6S/c1-17-13-22(32-6)14-18(2)24(17)34(30,31)27(5)11-12-33-16-23(29)26(4)15-20-7-9-21(10-8-20)25-19(3)28/h7-10,13-14H,11-12,15-16H2,1-6H3,(H,25,28). The number of ether oxygens (including phenoxy) is 2. The molecule has 1 N–H and O–H groups in total. The summed E-state index contributed by atoms with van der Waals surface area (Å²) in [5.74, 6) is 0.231. The number of sulfonamides is 1. The van der Waals surface area contributed by atoms with Gasteiger partial charge in [0.05, 0.1) is 18.6 Å². The second-order valence-corrected chi connectivity index (χ2v) is 10.1. The first-order valence-corrected chi connectivity index (χ1v) is 12.2. The predicted molar refractivity (Wildman–Crippen MR) is 130 cm³/mol. The van der Waals surface area contributed by atoms with Crippen molar-refractivity contribution in [2.24, 2.45) is 0 Å². The molecular weight excluding hydrogens is 458 g/mol. The number of nitrogens with one attached hydrogen (secondary N) is 1. The molecule has 0 aromatic heterocycles. The van der Waals surface area contributed by atoms with Gasteiger partial charge in [0.15, 0.2) is 0 Å². The van der Waals surface area contributed by atoms with E-state index < -0.39 is 10.0 Å². The third-order valence-corrected chi connectivity index (χ3v) is 7.40. The minimum absolute atomic E-state index is 0.0783. The summed E-state index contributed by atoms with van der Waals surface area (Å²) in [6.45, 7) is 5.31. The SMILES string of the molecule is COc1cc(C)c(S(=O)(=O)N(C)CCOCC(=O)N(C)Cc2ccc(NC(C)=O)cc2)c(C)c1. The van der Waals surface area contributed by atoms with Crippen molar-refractivity contribution in [2.45, 2.75) is 32.2 Å². The Bertz CT molecular complexity index is 1090. The lowest BCUT2D eigenvalue weighted by Crippen LogP contribution is -2.33. The summed E-state index contributed by atoms with van der Waals surface area (Å²) in [7, 11) is 0.971. The van der Waals surface area contributed by atoms with Gasteiger partial charge in [0.25, 0.3) is 0 Å². The van der Waals surface area contributed by atoms with Crippen molar-refractivity contribution in [1.82, 2.24) is 9.21 Å². The van der Waals surface area contributed by atoms with E-state index in [9.17, 15) is 18.0 Å². The van der Waals surface area contributed by atoms with Crippen LogP contribution in [-0.2, 0) is 30.9 Å². The largest absolute Gasteiger partial charge is 0.497 e. The second-order valence-electron chi connectivity index (χ2n) is 8.10. The maximum atomic E-state index is 13.0. The van der Waals surface area contributed by atoms with Crippen molar-refractivity contribution in [2.75, 3.05) is 46.3 Å². The number of likely N-dealkylation sites (N-methyl/N-ethyl adjacent to an activating group) is 2. The van der Waals surface area contributed by atoms with Crippen molar-refractivity contribution in [1.29, 1.82) is 0 Å². The third kappa shape index (κ3) is 7.28. The van der Waals surface area contributed by atoms with Crippen molar-refractivity contribution in [3.05, 3.63) is 53.1 Å². The van der Waals surface area contributed by atoms with E-state index in [2.05, 4.69) is 5.32 Å². The quantitative estimate of drug-likeness (QED) is 0.485. The molecular formula is C24H33N3O6S. The molecule has 2 aromatic carbocycles. The van der Waals surface area contributed by atoms with Crippen molar-refractivity contribution in [3.8, 4) is 5.75 Å². The number of hydrogen-bond donors (Lipinski definition) is 1. The maximum Gasteiger partial charge on any atom is 0.248 e. The first-order chi connectivity index (χ1) is 15.9. The molecule has 0 heterocycles. The molecule has 0 aliphatic heterocycles. The zero-order chi connectivity index (χ0) is 25.5. The highest BCUT2D eigenvalue weighted by atomic mass is 32.2. The van der Waals surface area contributed by atoms with Gasteiger partial charge in [0, 0.05) is 39.8 Å². The lowest BCUT2D eigenvalue weighted by Gasteiger charge is -2.21. The van der Waals surface area contributed by atoms with Gasteiger partial charge in [-0.2, -0.15) is 4.31 Å². The van der Waals surface area contributed by atoms with Gasteiger partial charge in [0.1, 0.15) is 12.4 Å². The Morgan fingerprint density at radius 1 is 1.03 bits per heavy atom. The molecule has 34 heavy (non-hydrogen) atoms. The van der Waals surface area contributed by atoms with E-state index in [1.165, 1.54) is 30.3 Å². The first-order valence-electron chi connectivity index (χ1n) is 10.8. The molecule has 0 fully saturated rings. The minimum atomic E-state index is -3.72. The number of carbonyl (C=O) groups excluding carboxylic acids is 2. The highest BCUT2D eigenvalue weighted by Gasteiger charge is 2.25. The summed E-state index contributed by atoms with van der Waals surface area (Å²) >= 11 is 0. The van der Waals surface area contributed by atoms with Gasteiger partial charge in [-0.15, -0.1) is 0 Å². The summed E-state index contributed by atoms with van der Waals surface area (Å²) in [5.41, 5.74) is 2.80. The fourth-order valence-electron chi connectivity index (χ4n) is 3.43. The van der Waals surface area contributed by atoms with E-state index in [4.69, 9.17) is 9.47 Å². The maximum absolute atomic E-state index is 13.0. The first kappa shape index (κ1) is 27.3. The predicted octanol–water partition coefficient (Wildman–Crippen LogP) is 2.57. The van der Waals surface area contributed by atoms with Crippen LogP contribution in [-0.4, -0.2) is 70.4 Å². The van der Waals surface area contributed by atoms with E-state index in [1.54, 1.807) is 45.2 Å². The van der Waals surface area contributed by atoms with Crippen LogP contribution in [0.4, 0.5) is 5.69 Å². The number of benzene rings is 2. The van der Waals surface area contributed by atoms with Crippen LogP contribution in [0.3, 0.4) is 0 Å². The molecule has 0 saturated heterocycles. The van der Waals surface area contributed by atoms with E-state index >= 15 is 0 Å². The van der Waals surface area contributed by atoms with Crippen LogP contribution in [0.25, 0.3) is 0 Å². The average Bonchev–Trinajstić information content (AvgIpc) is 2.76. The van der Waals surface area contributed by atoms with Crippen LogP contribution in [0.2, 0.25) is 0 Å². The fourth-order valence-corrected chi connectivity index (χ4v) is 4.99. The number of amides is 2. The van der Waals surface area contributed by atoms with Gasteiger partial charge in [0.2, 0.25) is 21.8 Å². The molecule has 0 bridgehead atoms. The molecule has 0 saturated carbocycles. The average molecular weight is 492 g/mol. The van der Waals surface area contributed by atoms with Gasteiger partial charge in [-0.05, 0) is 54.8 Å². The number of aryl methyl sites for hydroxylation is 2. The van der Waals surface area contributed by atoms with Crippen LogP contribution in [0.5, 0.6) is 5.75 Å². The summed E-state index contributed by atoms with van der Waals surface area (Å²) in [4.78, 5) is 25.2. The van der Waals surface area contributed by atoms with Crippen molar-refractivity contribution >= 4 is 27.5 Å². The Hall–Kier alpha value is -2.95. The molecule has 2 amide bonds. The van der Waals surface area contributed by atoms with Crippen LogP contribution in [0, 0.1) is 13.8 Å². The summed E-state index contributed by atoms with van der Waals surface area (Å²) in [5, 5.41) is 2.69. The van der Waals surface area contributed by atoms with Crippen molar-refractivity contribution in [3.63, 3.8) is 0 Å². The Morgan fingerprint density at radius 2 is 1.62 bits per heavy atom. The molecule has 9 nitrogen and oxygen atoms in total. The van der Waals surface area contributed by atoms with E-state index in [0.29, 0.717) is 29.1 Å². The van der Waals surface area contributed by atoms with Gasteiger partial charge in [-0.25, -0.2) is 8.42 Å². The lowest BCUT2D eigenvalue weighted by atomic mass is 10.1. The number of hydrogen-bond acceptors (Lipinski definition) is 6. The number of methoxy groups -OCH3 is 1. The summed E-state index contributed by atoms with van der Waals surface area (Å²) < 4.78 is 37.9. The number of carbonyl (C=O) groups is 2. The lowest BCUT2D eigenvalue weighted by molar-refractivity contribution is -0.135. The molecule has 10 heteroatoms. The molecule has 0 aliphatic carbocycles. The Kier molecular flexibility index (Phi) is 9.60. The molecule has 0 aliphatic rings. The van der Waals surface area contributed by atoms with Gasteiger partial charge in [-0.1, -0.05) is 12.1 Å². The van der Waals surface area contributed by atoms with Gasteiger partial charge < -0.3 is 19.7 Å². The Labute approximate surface area is 201 Å². The summed E-state index contributed by atoms with van der Waals surface area (Å²) in [6, 6.07) is 10.6. The minimum Gasteiger partial charge on any atom is -0.497 e. The molecule has 0 atom stereocenters. The number of rotatable bonds is 11. The van der Waals surface area contributed by atoms with Gasteiger partial charge in [-0.3, -0.25) is 9.59 Å². The zero-order valence-corrected chi connectivity index (χ0v) is 21.4. The molecule has 0 radical (unpaired) electrons. The zero-order valence-electron chi connectivity index (χ0n) is 20.5. The number of nitrogens with zero attached hydrogens (tertiary/aromatic N) is 2. The molecule has 2 rings (SSSR count). The monoisotopic (exact) mass is 491 g/mol. The van der Waals surface area contributed by atoms with Crippen molar-refractivity contribution < 1.29 is 27.5 Å². The van der Waals surface area contributed by atoms with Gasteiger partial charge >= 0.3 is 0 Å². The van der Waals surface area contributed by atoms with E-state index in [1.807, 2.05) is 12.1 Å².